The maximum atomic E-state index is 11.1. The summed E-state index contributed by atoms with van der Waals surface area (Å²) in [5.41, 5.74) is 0. The van der Waals surface area contributed by atoms with E-state index in [1.165, 1.54) is 12.8 Å². The largest absolute Gasteiger partial charge is 0.343 e. The lowest BCUT2D eigenvalue weighted by Crippen LogP contribution is -2.47. The van der Waals surface area contributed by atoms with Crippen molar-refractivity contribution in [3.8, 4) is 0 Å². The molecule has 0 unspecified atom stereocenters. The highest BCUT2D eigenvalue weighted by Crippen LogP contribution is 2.12. The molecule has 1 N–H and O–H groups in total. The Hall–Kier alpha value is -0.570. The predicted octanol–water partition coefficient (Wildman–Crippen LogP) is 1.78. The zero-order valence-corrected chi connectivity index (χ0v) is 10.3. The molecule has 3 heteroatoms. The van der Waals surface area contributed by atoms with E-state index in [0.29, 0.717) is 12.1 Å². The van der Waals surface area contributed by atoms with Crippen LogP contribution in [0.2, 0.25) is 0 Å². The van der Waals surface area contributed by atoms with Crippen LogP contribution in [0.1, 0.15) is 46.5 Å². The number of amides is 1. The van der Waals surface area contributed by atoms with Crippen molar-refractivity contribution in [1.29, 1.82) is 0 Å². The van der Waals surface area contributed by atoms with Gasteiger partial charge in [0.05, 0.1) is 0 Å². The van der Waals surface area contributed by atoms with Crippen LogP contribution in [-0.2, 0) is 4.79 Å². The summed E-state index contributed by atoms with van der Waals surface area (Å²) in [6.45, 7) is 7.96. The second kappa shape index (κ2) is 6.11. The Morgan fingerprint density at radius 2 is 1.87 bits per heavy atom. The van der Waals surface area contributed by atoms with Gasteiger partial charge in [-0.25, -0.2) is 0 Å². The number of hydrogen-bond donors (Lipinski definition) is 1. The summed E-state index contributed by atoms with van der Waals surface area (Å²) in [5.74, 6) is 0.219. The normalized spacial score (nSPS) is 18.5. The second-order valence-corrected chi connectivity index (χ2v) is 4.46. The van der Waals surface area contributed by atoms with E-state index in [2.05, 4.69) is 19.2 Å². The Morgan fingerprint density at radius 1 is 1.33 bits per heavy atom. The molecule has 1 amide bonds. The maximum Gasteiger partial charge on any atom is 0.219 e. The summed E-state index contributed by atoms with van der Waals surface area (Å²) >= 11 is 0. The first-order valence-electron chi connectivity index (χ1n) is 6.18. The zero-order valence-electron chi connectivity index (χ0n) is 10.3. The van der Waals surface area contributed by atoms with Gasteiger partial charge in [-0.3, -0.25) is 4.79 Å². The molecule has 1 fully saturated rings. The van der Waals surface area contributed by atoms with Gasteiger partial charge in [0.25, 0.3) is 0 Å². The summed E-state index contributed by atoms with van der Waals surface area (Å²) in [6, 6.07) is 1.27. The summed E-state index contributed by atoms with van der Waals surface area (Å²) in [7, 11) is 0. The number of nitrogens with one attached hydrogen (secondary N) is 1. The third-order valence-electron chi connectivity index (χ3n) is 3.40. The van der Waals surface area contributed by atoms with Crippen molar-refractivity contribution in [3.05, 3.63) is 0 Å². The van der Waals surface area contributed by atoms with Crippen LogP contribution >= 0.6 is 0 Å². The number of carbonyl (C=O) groups is 1. The molecule has 15 heavy (non-hydrogen) atoms. The highest BCUT2D eigenvalue weighted by molar-refractivity contribution is 5.73. The molecule has 1 aliphatic rings. The van der Waals surface area contributed by atoms with Crippen LogP contribution in [-0.4, -0.2) is 36.0 Å². The van der Waals surface area contributed by atoms with Gasteiger partial charge in [-0.1, -0.05) is 13.8 Å². The van der Waals surface area contributed by atoms with Gasteiger partial charge in [-0.15, -0.1) is 0 Å². The number of carbonyl (C=O) groups excluding carboxylic acids is 1. The molecule has 0 bridgehead atoms. The van der Waals surface area contributed by atoms with E-state index < -0.39 is 0 Å². The van der Waals surface area contributed by atoms with Crippen LogP contribution in [0.3, 0.4) is 0 Å². The van der Waals surface area contributed by atoms with Gasteiger partial charge in [0.15, 0.2) is 0 Å². The molecule has 0 spiro atoms. The van der Waals surface area contributed by atoms with Gasteiger partial charge in [0, 0.05) is 32.1 Å². The van der Waals surface area contributed by atoms with Crippen LogP contribution in [0, 0.1) is 0 Å². The molecule has 0 atom stereocenters. The van der Waals surface area contributed by atoms with E-state index in [9.17, 15) is 4.79 Å². The molecule has 0 aromatic carbocycles. The summed E-state index contributed by atoms with van der Waals surface area (Å²) in [5, 5.41) is 3.68. The second-order valence-electron chi connectivity index (χ2n) is 4.46. The monoisotopic (exact) mass is 212 g/mol. The molecule has 1 aliphatic heterocycles. The van der Waals surface area contributed by atoms with Gasteiger partial charge in [-0.2, -0.15) is 0 Å². The number of nitrogens with zero attached hydrogens (tertiary/aromatic N) is 1. The molecule has 0 saturated carbocycles. The first-order valence-corrected chi connectivity index (χ1v) is 6.18. The molecule has 0 aromatic heterocycles. The molecule has 1 saturated heterocycles. The predicted molar refractivity (Wildman–Crippen MR) is 62.8 cm³/mol. The van der Waals surface area contributed by atoms with E-state index in [1.54, 1.807) is 6.92 Å². The lowest BCUT2D eigenvalue weighted by Gasteiger charge is -2.33. The third kappa shape index (κ3) is 3.82. The number of hydrogen-bond acceptors (Lipinski definition) is 2. The van der Waals surface area contributed by atoms with Gasteiger partial charge >= 0.3 is 0 Å². The maximum absolute atomic E-state index is 11.1. The minimum absolute atomic E-state index is 0.219. The SMILES string of the molecule is CCC(CC)NC1CCN(C(C)=O)CC1. The van der Waals surface area contributed by atoms with Crippen LogP contribution in [0.15, 0.2) is 0 Å². The first kappa shape index (κ1) is 12.5. The Labute approximate surface area is 93.2 Å². The lowest BCUT2D eigenvalue weighted by atomic mass is 10.0. The zero-order chi connectivity index (χ0) is 11.3. The lowest BCUT2D eigenvalue weighted by molar-refractivity contribution is -0.129. The minimum atomic E-state index is 0.219. The number of piperidine rings is 1. The van der Waals surface area contributed by atoms with Gasteiger partial charge in [-0.05, 0) is 25.7 Å². The molecular weight excluding hydrogens is 188 g/mol. The van der Waals surface area contributed by atoms with Crippen molar-refractivity contribution >= 4 is 5.91 Å². The van der Waals surface area contributed by atoms with Crippen molar-refractivity contribution in [2.45, 2.75) is 58.5 Å². The van der Waals surface area contributed by atoms with Crippen LogP contribution in [0.25, 0.3) is 0 Å². The molecule has 0 aromatic rings. The summed E-state index contributed by atoms with van der Waals surface area (Å²) < 4.78 is 0. The summed E-state index contributed by atoms with van der Waals surface area (Å²) in [4.78, 5) is 13.1. The minimum Gasteiger partial charge on any atom is -0.343 e. The van der Waals surface area contributed by atoms with E-state index in [1.807, 2.05) is 4.90 Å². The van der Waals surface area contributed by atoms with Crippen LogP contribution in [0.5, 0.6) is 0 Å². The van der Waals surface area contributed by atoms with Gasteiger partial charge < -0.3 is 10.2 Å². The topological polar surface area (TPSA) is 32.3 Å². The average Bonchev–Trinajstić information content (AvgIpc) is 2.26. The molecule has 88 valence electrons. The molecule has 0 radical (unpaired) electrons. The quantitative estimate of drug-likeness (QED) is 0.770. The Morgan fingerprint density at radius 3 is 2.27 bits per heavy atom. The fourth-order valence-corrected chi connectivity index (χ4v) is 2.22. The highest BCUT2D eigenvalue weighted by Gasteiger charge is 2.21. The number of likely N-dealkylation sites (tertiary alicyclic amines) is 1. The Balaban J connectivity index is 2.28. The molecule has 1 heterocycles. The van der Waals surface area contributed by atoms with Crippen molar-refractivity contribution in [1.82, 2.24) is 10.2 Å². The van der Waals surface area contributed by atoms with E-state index in [-0.39, 0.29) is 5.91 Å². The fourth-order valence-electron chi connectivity index (χ4n) is 2.22. The van der Waals surface area contributed by atoms with Crippen LogP contribution in [0.4, 0.5) is 0 Å². The average molecular weight is 212 g/mol. The van der Waals surface area contributed by atoms with E-state index in [0.717, 1.165) is 25.9 Å². The van der Waals surface area contributed by atoms with Crippen LogP contribution < -0.4 is 5.32 Å². The molecule has 3 nitrogen and oxygen atoms in total. The molecular formula is C12H24N2O. The Bertz CT molecular complexity index is 194. The molecule has 1 rings (SSSR count). The Kier molecular flexibility index (Phi) is 5.09. The third-order valence-corrected chi connectivity index (χ3v) is 3.40. The molecule has 0 aliphatic carbocycles. The van der Waals surface area contributed by atoms with Crippen molar-refractivity contribution in [2.75, 3.05) is 13.1 Å². The van der Waals surface area contributed by atoms with Gasteiger partial charge in [0.1, 0.15) is 0 Å². The fraction of sp³-hybridized carbons (Fsp3) is 0.917. The van der Waals surface area contributed by atoms with Crippen molar-refractivity contribution in [2.24, 2.45) is 0 Å². The van der Waals surface area contributed by atoms with Crippen molar-refractivity contribution < 1.29 is 4.79 Å². The number of rotatable bonds is 4. The standard InChI is InChI=1S/C12H24N2O/c1-4-11(5-2)13-12-6-8-14(9-7-12)10(3)15/h11-13H,4-9H2,1-3H3. The highest BCUT2D eigenvalue weighted by atomic mass is 16.2. The van der Waals surface area contributed by atoms with E-state index >= 15 is 0 Å². The van der Waals surface area contributed by atoms with E-state index in [4.69, 9.17) is 0 Å². The first-order chi connectivity index (χ1) is 7.17. The summed E-state index contributed by atoms with van der Waals surface area (Å²) in [6.07, 6.45) is 4.61. The smallest absolute Gasteiger partial charge is 0.219 e. The van der Waals surface area contributed by atoms with Gasteiger partial charge in [0.2, 0.25) is 5.91 Å². The van der Waals surface area contributed by atoms with Crippen molar-refractivity contribution in [3.63, 3.8) is 0 Å².